The molecule has 7 nitrogen and oxygen atoms in total. The summed E-state index contributed by atoms with van der Waals surface area (Å²) < 4.78 is 28.6. The molecular formula is C29H34ClN3O4S. The number of benzene rings is 3. The van der Waals surface area contributed by atoms with E-state index in [1.165, 1.54) is 17.0 Å². The quantitative estimate of drug-likeness (QED) is 0.359. The molecule has 0 saturated heterocycles. The van der Waals surface area contributed by atoms with Gasteiger partial charge in [0.05, 0.1) is 10.6 Å². The number of sulfonamides is 1. The van der Waals surface area contributed by atoms with Gasteiger partial charge in [-0.3, -0.25) is 13.9 Å². The summed E-state index contributed by atoms with van der Waals surface area (Å²) in [6.07, 6.45) is 0. The number of anilines is 1. The third kappa shape index (κ3) is 7.36. The molecule has 0 aromatic heterocycles. The van der Waals surface area contributed by atoms with Gasteiger partial charge < -0.3 is 10.2 Å². The van der Waals surface area contributed by atoms with Gasteiger partial charge in [-0.15, -0.1) is 0 Å². The van der Waals surface area contributed by atoms with E-state index in [9.17, 15) is 18.0 Å². The Balaban J connectivity index is 1.99. The van der Waals surface area contributed by atoms with Crippen LogP contribution in [0.3, 0.4) is 0 Å². The van der Waals surface area contributed by atoms with Gasteiger partial charge in [0, 0.05) is 18.1 Å². The van der Waals surface area contributed by atoms with Crippen molar-refractivity contribution in [2.24, 2.45) is 5.92 Å². The lowest BCUT2D eigenvalue weighted by Crippen LogP contribution is -2.51. The zero-order valence-corrected chi connectivity index (χ0v) is 23.7. The van der Waals surface area contributed by atoms with Crippen LogP contribution in [0, 0.1) is 12.8 Å². The molecule has 3 rings (SSSR count). The molecule has 3 aromatic rings. The van der Waals surface area contributed by atoms with Crippen LogP contribution < -0.4 is 9.62 Å². The summed E-state index contributed by atoms with van der Waals surface area (Å²) in [5.41, 5.74) is 1.91. The fourth-order valence-corrected chi connectivity index (χ4v) is 5.42. The van der Waals surface area contributed by atoms with Crippen molar-refractivity contribution in [1.29, 1.82) is 0 Å². The van der Waals surface area contributed by atoms with Crippen LogP contribution in [0.2, 0.25) is 5.02 Å². The van der Waals surface area contributed by atoms with E-state index < -0.39 is 28.5 Å². The zero-order chi connectivity index (χ0) is 27.9. The van der Waals surface area contributed by atoms with Gasteiger partial charge in [-0.2, -0.15) is 0 Å². The summed E-state index contributed by atoms with van der Waals surface area (Å²) in [6, 6.07) is 21.1. The van der Waals surface area contributed by atoms with Crippen molar-refractivity contribution in [3.05, 3.63) is 95.0 Å². The van der Waals surface area contributed by atoms with Crippen molar-refractivity contribution < 1.29 is 18.0 Å². The van der Waals surface area contributed by atoms with Crippen molar-refractivity contribution >= 4 is 39.1 Å². The molecule has 1 atom stereocenters. The Hall–Kier alpha value is -3.36. The number of amides is 2. The molecular weight excluding hydrogens is 522 g/mol. The minimum Gasteiger partial charge on any atom is -0.354 e. The summed E-state index contributed by atoms with van der Waals surface area (Å²) >= 11 is 6.38. The van der Waals surface area contributed by atoms with Crippen molar-refractivity contribution in [1.82, 2.24) is 10.2 Å². The van der Waals surface area contributed by atoms with Gasteiger partial charge >= 0.3 is 0 Å². The highest BCUT2D eigenvalue weighted by molar-refractivity contribution is 7.92. The smallest absolute Gasteiger partial charge is 0.264 e. The molecule has 3 aromatic carbocycles. The van der Waals surface area contributed by atoms with Crippen LogP contribution in [0.5, 0.6) is 0 Å². The highest BCUT2D eigenvalue weighted by Crippen LogP contribution is 2.25. The van der Waals surface area contributed by atoms with Crippen LogP contribution in [0.4, 0.5) is 5.69 Å². The van der Waals surface area contributed by atoms with Crippen LogP contribution in [-0.2, 0) is 26.2 Å². The van der Waals surface area contributed by atoms with Gasteiger partial charge in [0.1, 0.15) is 12.6 Å². The Morgan fingerprint density at radius 2 is 1.50 bits per heavy atom. The number of hydrogen-bond donors (Lipinski definition) is 1. The number of carbonyl (C=O) groups excluding carboxylic acids is 2. The summed E-state index contributed by atoms with van der Waals surface area (Å²) in [5.74, 6) is -0.629. The van der Waals surface area contributed by atoms with E-state index in [-0.39, 0.29) is 23.3 Å². The maximum absolute atomic E-state index is 13.9. The van der Waals surface area contributed by atoms with Crippen LogP contribution in [0.15, 0.2) is 83.8 Å². The molecule has 0 radical (unpaired) electrons. The lowest BCUT2D eigenvalue weighted by atomic mass is 10.1. The predicted molar refractivity (Wildman–Crippen MR) is 151 cm³/mol. The number of nitrogens with one attached hydrogen (secondary N) is 1. The number of halogens is 1. The lowest BCUT2D eigenvalue weighted by Gasteiger charge is -2.32. The van der Waals surface area contributed by atoms with Crippen molar-refractivity contribution in [3.8, 4) is 0 Å². The van der Waals surface area contributed by atoms with Crippen LogP contribution >= 0.6 is 11.6 Å². The fraction of sp³-hybridized carbons (Fsp3) is 0.310. The normalized spacial score (nSPS) is 12.2. The second-order valence-electron chi connectivity index (χ2n) is 9.59. The monoisotopic (exact) mass is 555 g/mol. The fourth-order valence-electron chi connectivity index (χ4n) is 3.81. The van der Waals surface area contributed by atoms with Crippen molar-refractivity contribution in [2.75, 3.05) is 17.4 Å². The molecule has 2 amide bonds. The van der Waals surface area contributed by atoms with E-state index in [0.29, 0.717) is 22.8 Å². The molecule has 0 heterocycles. The Labute approximate surface area is 230 Å². The predicted octanol–water partition coefficient (Wildman–Crippen LogP) is 5.03. The minimum atomic E-state index is -4.09. The van der Waals surface area contributed by atoms with Gasteiger partial charge in [0.2, 0.25) is 11.8 Å². The largest absolute Gasteiger partial charge is 0.354 e. The van der Waals surface area contributed by atoms with Crippen molar-refractivity contribution in [3.63, 3.8) is 0 Å². The second kappa shape index (κ2) is 12.9. The summed E-state index contributed by atoms with van der Waals surface area (Å²) in [7, 11) is -4.09. The number of para-hydroxylation sites is 1. The molecule has 0 unspecified atom stereocenters. The van der Waals surface area contributed by atoms with E-state index in [4.69, 9.17) is 11.6 Å². The van der Waals surface area contributed by atoms with E-state index in [2.05, 4.69) is 5.32 Å². The minimum absolute atomic E-state index is 0.0436. The van der Waals surface area contributed by atoms with Crippen molar-refractivity contribution in [2.45, 2.75) is 45.2 Å². The first-order chi connectivity index (χ1) is 18.0. The zero-order valence-electron chi connectivity index (χ0n) is 22.1. The Bertz CT molecular complexity index is 1350. The summed E-state index contributed by atoms with van der Waals surface area (Å²) in [6.45, 7) is 7.46. The summed E-state index contributed by atoms with van der Waals surface area (Å²) in [5, 5.41) is 3.32. The number of aryl methyl sites for hydroxylation is 1. The SMILES string of the molecule is Cc1ccc(S(=O)(=O)N(CC(=O)N(Cc2ccccc2Cl)[C@H](C)C(=O)NCC(C)C)c2ccccc2)cc1. The number of carbonyl (C=O) groups is 2. The Morgan fingerprint density at radius 1 is 0.895 bits per heavy atom. The van der Waals surface area contributed by atoms with E-state index in [1.807, 2.05) is 20.8 Å². The average Bonchev–Trinajstić information content (AvgIpc) is 2.90. The topological polar surface area (TPSA) is 86.8 Å². The third-order valence-electron chi connectivity index (χ3n) is 6.08. The molecule has 38 heavy (non-hydrogen) atoms. The molecule has 1 N–H and O–H groups in total. The number of rotatable bonds is 11. The van der Waals surface area contributed by atoms with Gasteiger partial charge in [0.25, 0.3) is 10.0 Å². The first-order valence-corrected chi connectivity index (χ1v) is 14.3. The van der Waals surface area contributed by atoms with Gasteiger partial charge in [-0.1, -0.05) is 79.5 Å². The molecule has 0 fully saturated rings. The van der Waals surface area contributed by atoms with Gasteiger partial charge in [0.15, 0.2) is 0 Å². The highest BCUT2D eigenvalue weighted by atomic mass is 35.5. The summed E-state index contributed by atoms with van der Waals surface area (Å²) in [4.78, 5) is 28.3. The van der Waals surface area contributed by atoms with Gasteiger partial charge in [-0.05, 0) is 55.7 Å². The number of hydrogen-bond acceptors (Lipinski definition) is 4. The Morgan fingerprint density at radius 3 is 2.11 bits per heavy atom. The first-order valence-electron chi connectivity index (χ1n) is 12.5. The molecule has 0 aliphatic rings. The maximum atomic E-state index is 13.9. The number of nitrogens with zero attached hydrogens (tertiary/aromatic N) is 2. The standard InChI is InChI=1S/C29H34ClN3O4S/c1-21(2)18-31-29(35)23(4)32(19-24-10-8-9-13-27(24)30)28(34)20-33(25-11-6-5-7-12-25)38(36,37)26-16-14-22(3)15-17-26/h5-17,21,23H,18-20H2,1-4H3,(H,31,35)/t23-/m1/s1. The van der Waals surface area contributed by atoms with E-state index >= 15 is 0 Å². The van der Waals surface area contributed by atoms with Crippen LogP contribution in [0.1, 0.15) is 31.9 Å². The first kappa shape index (κ1) is 29.2. The molecule has 0 spiro atoms. The van der Waals surface area contributed by atoms with Crippen LogP contribution in [-0.4, -0.2) is 44.3 Å². The van der Waals surface area contributed by atoms with Crippen LogP contribution in [0.25, 0.3) is 0 Å². The maximum Gasteiger partial charge on any atom is 0.264 e. The molecule has 0 aliphatic carbocycles. The lowest BCUT2D eigenvalue weighted by molar-refractivity contribution is -0.139. The molecule has 0 bridgehead atoms. The average molecular weight is 556 g/mol. The molecule has 0 saturated carbocycles. The van der Waals surface area contributed by atoms with Gasteiger partial charge in [-0.25, -0.2) is 8.42 Å². The molecule has 202 valence electrons. The third-order valence-corrected chi connectivity index (χ3v) is 8.24. The second-order valence-corrected chi connectivity index (χ2v) is 11.9. The van der Waals surface area contributed by atoms with E-state index in [1.54, 1.807) is 73.7 Å². The highest BCUT2D eigenvalue weighted by Gasteiger charge is 2.32. The van der Waals surface area contributed by atoms with E-state index in [0.717, 1.165) is 9.87 Å². The molecule has 9 heteroatoms. The molecule has 0 aliphatic heterocycles. The Kier molecular flexibility index (Phi) is 9.94.